The van der Waals surface area contributed by atoms with Crippen molar-refractivity contribution in [3.05, 3.63) is 64.7 Å². The molecule has 1 heterocycles. The van der Waals surface area contributed by atoms with Crippen molar-refractivity contribution in [2.24, 2.45) is 0 Å². The monoisotopic (exact) mass is 410 g/mol. The van der Waals surface area contributed by atoms with Crippen LogP contribution in [0.4, 0.5) is 0 Å². The largest absolute Gasteiger partial charge is 0.497 e. The third-order valence-electron chi connectivity index (χ3n) is 4.83. The SMILES string of the molecule is CCOC(=O)CC(NC(=O)c1ccc2c(c1)C(=O)N(C)C2=O)c1cccc(OC)c1. The van der Waals surface area contributed by atoms with Gasteiger partial charge in [-0.3, -0.25) is 24.1 Å². The molecule has 8 nitrogen and oxygen atoms in total. The van der Waals surface area contributed by atoms with Crippen LogP contribution >= 0.6 is 0 Å². The summed E-state index contributed by atoms with van der Waals surface area (Å²) in [6, 6.07) is 10.7. The fourth-order valence-electron chi connectivity index (χ4n) is 3.24. The van der Waals surface area contributed by atoms with E-state index in [-0.39, 0.29) is 29.7 Å². The molecule has 0 bridgehead atoms. The van der Waals surface area contributed by atoms with Crippen molar-refractivity contribution in [1.82, 2.24) is 10.2 Å². The summed E-state index contributed by atoms with van der Waals surface area (Å²) in [6.07, 6.45) is -0.0716. The van der Waals surface area contributed by atoms with Gasteiger partial charge >= 0.3 is 5.97 Å². The second kappa shape index (κ2) is 8.77. The van der Waals surface area contributed by atoms with Crippen LogP contribution in [0.3, 0.4) is 0 Å². The van der Waals surface area contributed by atoms with Crippen molar-refractivity contribution in [3.8, 4) is 5.75 Å². The average Bonchev–Trinajstić information content (AvgIpc) is 2.97. The standard InChI is InChI=1S/C22H22N2O6/c1-4-30-19(25)12-18(13-6-5-7-15(10-13)29-3)23-20(26)14-8-9-16-17(11-14)22(28)24(2)21(16)27/h5-11,18H,4,12H2,1-3H3,(H,23,26). The Labute approximate surface area is 173 Å². The second-order valence-electron chi connectivity index (χ2n) is 6.74. The number of nitrogens with zero attached hydrogens (tertiary/aromatic N) is 1. The summed E-state index contributed by atoms with van der Waals surface area (Å²) in [5, 5.41) is 2.81. The van der Waals surface area contributed by atoms with Gasteiger partial charge in [0, 0.05) is 12.6 Å². The van der Waals surface area contributed by atoms with E-state index in [1.54, 1.807) is 31.2 Å². The van der Waals surface area contributed by atoms with Gasteiger partial charge in [-0.1, -0.05) is 12.1 Å². The lowest BCUT2D eigenvalue weighted by Crippen LogP contribution is -2.31. The van der Waals surface area contributed by atoms with Gasteiger partial charge in [-0.05, 0) is 42.8 Å². The Kier molecular flexibility index (Phi) is 6.15. The maximum Gasteiger partial charge on any atom is 0.308 e. The summed E-state index contributed by atoms with van der Waals surface area (Å²) < 4.78 is 10.3. The van der Waals surface area contributed by atoms with Gasteiger partial charge in [0.1, 0.15) is 5.75 Å². The first-order chi connectivity index (χ1) is 14.3. The smallest absolute Gasteiger partial charge is 0.308 e. The number of imide groups is 1. The number of methoxy groups -OCH3 is 1. The minimum atomic E-state index is -0.667. The lowest BCUT2D eigenvalue weighted by Gasteiger charge is -2.19. The molecule has 0 spiro atoms. The minimum Gasteiger partial charge on any atom is -0.497 e. The maximum atomic E-state index is 12.9. The third kappa shape index (κ3) is 4.17. The molecule has 0 aromatic heterocycles. The molecule has 1 aliphatic rings. The number of carbonyl (C=O) groups excluding carboxylic acids is 4. The molecule has 156 valence electrons. The molecule has 2 aromatic carbocycles. The molecule has 2 aromatic rings. The predicted molar refractivity (Wildman–Crippen MR) is 107 cm³/mol. The van der Waals surface area contributed by atoms with Crippen LogP contribution in [0.25, 0.3) is 0 Å². The van der Waals surface area contributed by atoms with E-state index in [1.165, 1.54) is 32.4 Å². The van der Waals surface area contributed by atoms with Crippen LogP contribution in [0.2, 0.25) is 0 Å². The average molecular weight is 410 g/mol. The molecule has 0 saturated carbocycles. The summed E-state index contributed by atoms with van der Waals surface area (Å²) in [5.41, 5.74) is 1.32. The highest BCUT2D eigenvalue weighted by atomic mass is 16.5. The van der Waals surface area contributed by atoms with Gasteiger partial charge in [-0.2, -0.15) is 0 Å². The number of esters is 1. The van der Waals surface area contributed by atoms with E-state index in [4.69, 9.17) is 9.47 Å². The van der Waals surface area contributed by atoms with Crippen molar-refractivity contribution < 1.29 is 28.7 Å². The van der Waals surface area contributed by atoms with Crippen LogP contribution in [0.1, 0.15) is 56.0 Å². The fraction of sp³-hybridized carbons (Fsp3) is 0.273. The zero-order valence-corrected chi connectivity index (χ0v) is 16.9. The Bertz CT molecular complexity index is 1020. The van der Waals surface area contributed by atoms with Gasteiger partial charge < -0.3 is 14.8 Å². The molecular formula is C22H22N2O6. The number of benzene rings is 2. The van der Waals surface area contributed by atoms with Gasteiger partial charge in [0.25, 0.3) is 17.7 Å². The third-order valence-corrected chi connectivity index (χ3v) is 4.83. The van der Waals surface area contributed by atoms with Gasteiger partial charge in [0.05, 0.1) is 37.3 Å². The highest BCUT2D eigenvalue weighted by Crippen LogP contribution is 2.25. The van der Waals surface area contributed by atoms with E-state index >= 15 is 0 Å². The summed E-state index contributed by atoms with van der Waals surface area (Å²) in [4.78, 5) is 50.2. The van der Waals surface area contributed by atoms with Crippen molar-refractivity contribution in [3.63, 3.8) is 0 Å². The van der Waals surface area contributed by atoms with Gasteiger partial charge in [0.2, 0.25) is 0 Å². The first kappa shape index (κ1) is 21.0. The number of ether oxygens (including phenoxy) is 2. The van der Waals surface area contributed by atoms with E-state index in [1.807, 2.05) is 0 Å². The molecule has 8 heteroatoms. The Balaban J connectivity index is 1.87. The van der Waals surface area contributed by atoms with Crippen LogP contribution in [-0.2, 0) is 9.53 Å². The fourth-order valence-corrected chi connectivity index (χ4v) is 3.24. The zero-order chi connectivity index (χ0) is 21.8. The number of nitrogens with one attached hydrogen (secondary N) is 1. The first-order valence-corrected chi connectivity index (χ1v) is 9.42. The summed E-state index contributed by atoms with van der Waals surface area (Å²) in [6.45, 7) is 1.93. The highest BCUT2D eigenvalue weighted by molar-refractivity contribution is 6.21. The van der Waals surface area contributed by atoms with Gasteiger partial charge in [-0.15, -0.1) is 0 Å². The number of rotatable bonds is 7. The van der Waals surface area contributed by atoms with E-state index in [9.17, 15) is 19.2 Å². The second-order valence-corrected chi connectivity index (χ2v) is 6.74. The van der Waals surface area contributed by atoms with Crippen molar-refractivity contribution in [2.45, 2.75) is 19.4 Å². The van der Waals surface area contributed by atoms with E-state index < -0.39 is 29.7 Å². The molecule has 1 N–H and O–H groups in total. The van der Waals surface area contributed by atoms with Gasteiger partial charge in [-0.25, -0.2) is 0 Å². The highest BCUT2D eigenvalue weighted by Gasteiger charge is 2.33. The Hall–Kier alpha value is -3.68. The lowest BCUT2D eigenvalue weighted by atomic mass is 10.0. The molecule has 30 heavy (non-hydrogen) atoms. The summed E-state index contributed by atoms with van der Waals surface area (Å²) in [5.74, 6) is -1.22. The van der Waals surface area contributed by atoms with Crippen molar-refractivity contribution >= 4 is 23.7 Å². The van der Waals surface area contributed by atoms with Crippen LogP contribution in [-0.4, -0.2) is 49.4 Å². The molecule has 1 unspecified atom stereocenters. The quantitative estimate of drug-likeness (QED) is 0.555. The first-order valence-electron chi connectivity index (χ1n) is 9.42. The van der Waals surface area contributed by atoms with E-state index in [0.717, 1.165) is 4.90 Å². The number of fused-ring (bicyclic) bond motifs is 1. The van der Waals surface area contributed by atoms with E-state index in [0.29, 0.717) is 11.3 Å². The zero-order valence-electron chi connectivity index (χ0n) is 16.9. The van der Waals surface area contributed by atoms with E-state index in [2.05, 4.69) is 5.32 Å². The Morgan fingerprint density at radius 1 is 1.07 bits per heavy atom. The maximum absolute atomic E-state index is 12.9. The molecule has 0 radical (unpaired) electrons. The minimum absolute atomic E-state index is 0.0716. The van der Waals surface area contributed by atoms with Crippen LogP contribution < -0.4 is 10.1 Å². The Morgan fingerprint density at radius 3 is 2.50 bits per heavy atom. The number of amides is 3. The normalized spacial score (nSPS) is 13.6. The number of hydrogen-bond acceptors (Lipinski definition) is 6. The van der Waals surface area contributed by atoms with Crippen molar-refractivity contribution in [1.29, 1.82) is 0 Å². The molecule has 0 saturated heterocycles. The van der Waals surface area contributed by atoms with Gasteiger partial charge in [0.15, 0.2) is 0 Å². The molecule has 3 amide bonds. The summed E-state index contributed by atoms with van der Waals surface area (Å²) in [7, 11) is 2.92. The summed E-state index contributed by atoms with van der Waals surface area (Å²) >= 11 is 0. The number of hydrogen-bond donors (Lipinski definition) is 1. The molecule has 1 atom stereocenters. The van der Waals surface area contributed by atoms with Crippen molar-refractivity contribution in [2.75, 3.05) is 20.8 Å². The molecule has 0 fully saturated rings. The molecular weight excluding hydrogens is 388 g/mol. The lowest BCUT2D eigenvalue weighted by molar-refractivity contribution is -0.143. The molecule has 0 aliphatic carbocycles. The number of carbonyl (C=O) groups is 4. The molecule has 3 rings (SSSR count). The topological polar surface area (TPSA) is 102 Å². The Morgan fingerprint density at radius 2 is 1.80 bits per heavy atom. The van der Waals surface area contributed by atoms with Crippen LogP contribution in [0.5, 0.6) is 5.75 Å². The predicted octanol–water partition coefficient (Wildman–Crippen LogP) is 2.35. The van der Waals surface area contributed by atoms with Crippen LogP contribution in [0, 0.1) is 0 Å². The molecule has 1 aliphatic heterocycles. The van der Waals surface area contributed by atoms with Crippen LogP contribution in [0.15, 0.2) is 42.5 Å².